The second-order valence-electron chi connectivity index (χ2n) is 5.97. The van der Waals surface area contributed by atoms with Crippen LogP contribution < -0.4 is 0 Å². The Bertz CT molecular complexity index is 898. The van der Waals surface area contributed by atoms with Crippen molar-refractivity contribution in [3.8, 4) is 0 Å². The van der Waals surface area contributed by atoms with Crippen LogP contribution in [0.4, 0.5) is 13.2 Å². The number of ketones is 1. The van der Waals surface area contributed by atoms with Crippen molar-refractivity contribution in [1.82, 2.24) is 5.01 Å². The van der Waals surface area contributed by atoms with Gasteiger partial charge in [-0.3, -0.25) is 9.59 Å². The minimum atomic E-state index is -0.927. The number of rotatable bonds is 4. The molecule has 0 radical (unpaired) electrons. The summed E-state index contributed by atoms with van der Waals surface area (Å²) in [6.45, 7) is 3.52. The van der Waals surface area contributed by atoms with Crippen molar-refractivity contribution in [2.75, 3.05) is 6.67 Å². The van der Waals surface area contributed by atoms with E-state index in [9.17, 15) is 22.8 Å². The summed E-state index contributed by atoms with van der Waals surface area (Å²) in [6.07, 6.45) is 1.31. The molecule has 0 unspecified atom stereocenters. The van der Waals surface area contributed by atoms with Gasteiger partial charge in [-0.05, 0) is 29.8 Å². The minimum Gasteiger partial charge on any atom is -0.292 e. The first-order chi connectivity index (χ1) is 13.4. The van der Waals surface area contributed by atoms with E-state index >= 15 is 0 Å². The molecule has 1 amide bonds. The van der Waals surface area contributed by atoms with Crippen LogP contribution in [-0.2, 0) is 9.59 Å². The van der Waals surface area contributed by atoms with Crippen LogP contribution in [0, 0.1) is 11.6 Å². The van der Waals surface area contributed by atoms with Crippen LogP contribution in [0.1, 0.15) is 30.5 Å². The van der Waals surface area contributed by atoms with E-state index in [0.717, 1.165) is 29.8 Å². The van der Waals surface area contributed by atoms with Crippen LogP contribution in [0.2, 0.25) is 0 Å². The smallest absolute Gasteiger partial charge is 0.240 e. The molecule has 1 heterocycles. The van der Waals surface area contributed by atoms with Crippen molar-refractivity contribution < 1.29 is 22.8 Å². The van der Waals surface area contributed by atoms with Crippen LogP contribution >= 0.6 is 0 Å². The van der Waals surface area contributed by atoms with Gasteiger partial charge in [0.05, 0.1) is 11.8 Å². The van der Waals surface area contributed by atoms with Crippen molar-refractivity contribution >= 4 is 17.4 Å². The quantitative estimate of drug-likeness (QED) is 0.730. The molecule has 0 aromatic heterocycles. The Balaban J connectivity index is 0.000000409. The Morgan fingerprint density at radius 1 is 1.21 bits per heavy atom. The molecule has 4 nitrogen and oxygen atoms in total. The van der Waals surface area contributed by atoms with Gasteiger partial charge in [-0.15, -0.1) is 0 Å². The van der Waals surface area contributed by atoms with Gasteiger partial charge in [-0.25, -0.2) is 18.2 Å². The standard InChI is InChI=1S/C17H14F2N2O.C4H5FO/c1-11(22)21-17(12-5-3-2-4-6-12)10-16(20-21)14-9-13(18)7-8-15(14)19;1-2-4(6)3-5/h2-9,17H,10H2,1H3;2H,1,3H2/t17-;/m0./s1. The van der Waals surface area contributed by atoms with Crippen LogP contribution in [0.15, 0.2) is 66.3 Å². The van der Waals surface area contributed by atoms with Crippen LogP contribution in [0.5, 0.6) is 0 Å². The first kappa shape index (κ1) is 21.1. The SMILES string of the molecule is C=CC(=O)CF.CC(=O)N1N=C(c2cc(F)ccc2F)C[C@H]1c1ccccc1. The Morgan fingerprint density at radius 2 is 1.89 bits per heavy atom. The van der Waals surface area contributed by atoms with Gasteiger partial charge in [-0.2, -0.15) is 5.10 Å². The molecule has 1 aliphatic heterocycles. The third kappa shape index (κ3) is 5.16. The number of nitrogens with zero attached hydrogens (tertiary/aromatic N) is 2. The van der Waals surface area contributed by atoms with Crippen molar-refractivity contribution in [3.63, 3.8) is 0 Å². The van der Waals surface area contributed by atoms with Crippen LogP contribution in [0.25, 0.3) is 0 Å². The number of amides is 1. The molecule has 3 rings (SSSR count). The fraction of sp³-hybridized carbons (Fsp3) is 0.190. The van der Waals surface area contributed by atoms with Crippen molar-refractivity contribution in [2.45, 2.75) is 19.4 Å². The maximum Gasteiger partial charge on any atom is 0.240 e. The molecule has 0 fully saturated rings. The van der Waals surface area contributed by atoms with E-state index in [1.807, 2.05) is 30.3 Å². The van der Waals surface area contributed by atoms with Gasteiger partial charge in [0.2, 0.25) is 5.91 Å². The average Bonchev–Trinajstić information content (AvgIpc) is 3.16. The highest BCUT2D eigenvalue weighted by molar-refractivity contribution is 6.03. The Hall–Kier alpha value is -3.22. The Morgan fingerprint density at radius 3 is 2.43 bits per heavy atom. The lowest BCUT2D eigenvalue weighted by atomic mass is 9.98. The van der Waals surface area contributed by atoms with Gasteiger partial charge in [0, 0.05) is 18.9 Å². The lowest BCUT2D eigenvalue weighted by Crippen LogP contribution is -2.24. The highest BCUT2D eigenvalue weighted by Crippen LogP contribution is 2.33. The highest BCUT2D eigenvalue weighted by Gasteiger charge is 2.32. The number of hydrazone groups is 1. The molecule has 0 bridgehead atoms. The van der Waals surface area contributed by atoms with Gasteiger partial charge >= 0.3 is 0 Å². The molecule has 0 aliphatic carbocycles. The first-order valence-corrected chi connectivity index (χ1v) is 8.46. The van der Waals surface area contributed by atoms with Gasteiger partial charge in [0.15, 0.2) is 12.5 Å². The summed E-state index contributed by atoms with van der Waals surface area (Å²) in [5.41, 5.74) is 1.39. The van der Waals surface area contributed by atoms with Crippen molar-refractivity contribution in [2.24, 2.45) is 5.10 Å². The Labute approximate surface area is 161 Å². The van der Waals surface area contributed by atoms with Crippen molar-refractivity contribution in [1.29, 1.82) is 0 Å². The predicted octanol–water partition coefficient (Wildman–Crippen LogP) is 4.37. The number of hydrogen-bond donors (Lipinski definition) is 0. The number of carbonyl (C=O) groups is 2. The number of allylic oxidation sites excluding steroid dienone is 1. The second kappa shape index (κ2) is 9.64. The Kier molecular flexibility index (Phi) is 7.26. The van der Waals surface area contributed by atoms with E-state index < -0.39 is 24.1 Å². The van der Waals surface area contributed by atoms with Gasteiger partial charge in [0.25, 0.3) is 0 Å². The number of carbonyl (C=O) groups excluding carboxylic acids is 2. The molecule has 2 aromatic rings. The largest absolute Gasteiger partial charge is 0.292 e. The number of hydrogen-bond acceptors (Lipinski definition) is 3. The van der Waals surface area contributed by atoms with E-state index in [4.69, 9.17) is 0 Å². The summed E-state index contributed by atoms with van der Waals surface area (Å²) in [6, 6.07) is 12.3. The van der Waals surface area contributed by atoms with E-state index in [1.165, 1.54) is 11.9 Å². The summed E-state index contributed by atoms with van der Waals surface area (Å²) in [4.78, 5) is 21.5. The normalized spacial score (nSPS) is 15.4. The highest BCUT2D eigenvalue weighted by atomic mass is 19.1. The molecule has 1 atom stereocenters. The molecule has 1 aliphatic rings. The average molecular weight is 388 g/mol. The van der Waals surface area contributed by atoms with E-state index in [1.54, 1.807) is 0 Å². The summed E-state index contributed by atoms with van der Waals surface area (Å²) in [5, 5.41) is 5.54. The van der Waals surface area contributed by atoms with Gasteiger partial charge in [0.1, 0.15) is 11.6 Å². The molecule has 0 spiro atoms. The van der Waals surface area contributed by atoms with Gasteiger partial charge < -0.3 is 0 Å². The maximum absolute atomic E-state index is 13.9. The zero-order valence-corrected chi connectivity index (χ0v) is 15.2. The molecule has 146 valence electrons. The van der Waals surface area contributed by atoms with E-state index in [-0.39, 0.29) is 17.5 Å². The zero-order valence-electron chi connectivity index (χ0n) is 15.2. The zero-order chi connectivity index (χ0) is 20.7. The topological polar surface area (TPSA) is 49.7 Å². The van der Waals surface area contributed by atoms with Crippen LogP contribution in [0.3, 0.4) is 0 Å². The molecule has 2 aromatic carbocycles. The predicted molar refractivity (Wildman–Crippen MR) is 100 cm³/mol. The van der Waals surface area contributed by atoms with Crippen LogP contribution in [-0.4, -0.2) is 29.1 Å². The van der Waals surface area contributed by atoms with Crippen molar-refractivity contribution in [3.05, 3.63) is 83.9 Å². The van der Waals surface area contributed by atoms with E-state index in [0.29, 0.717) is 12.1 Å². The number of benzene rings is 2. The second-order valence-corrected chi connectivity index (χ2v) is 5.97. The number of alkyl halides is 1. The third-order valence-electron chi connectivity index (χ3n) is 4.02. The molecule has 0 N–H and O–H groups in total. The summed E-state index contributed by atoms with van der Waals surface area (Å²) >= 11 is 0. The first-order valence-electron chi connectivity index (χ1n) is 8.46. The third-order valence-corrected chi connectivity index (χ3v) is 4.02. The van der Waals surface area contributed by atoms with E-state index in [2.05, 4.69) is 11.7 Å². The fourth-order valence-corrected chi connectivity index (χ4v) is 2.67. The molecular formula is C21H19F3N2O2. The lowest BCUT2D eigenvalue weighted by Gasteiger charge is -2.20. The molecule has 28 heavy (non-hydrogen) atoms. The molecule has 0 saturated heterocycles. The minimum absolute atomic E-state index is 0.102. The lowest BCUT2D eigenvalue weighted by molar-refractivity contribution is -0.130. The summed E-state index contributed by atoms with van der Waals surface area (Å²) in [5.74, 6) is -1.87. The number of halogens is 3. The maximum atomic E-state index is 13.9. The molecule has 7 heteroatoms. The monoisotopic (exact) mass is 388 g/mol. The van der Waals surface area contributed by atoms with Gasteiger partial charge in [-0.1, -0.05) is 36.9 Å². The molecule has 0 saturated carbocycles. The summed E-state index contributed by atoms with van der Waals surface area (Å²) in [7, 11) is 0. The fourth-order valence-electron chi connectivity index (χ4n) is 2.67. The summed E-state index contributed by atoms with van der Waals surface area (Å²) < 4.78 is 38.3. The molecular weight excluding hydrogens is 369 g/mol.